The average Bonchev–Trinajstić information content (AvgIpc) is 2.30. The Balaban J connectivity index is 1.66. The quantitative estimate of drug-likeness (QED) is 0.598. The van der Waals surface area contributed by atoms with Crippen LogP contribution in [0.15, 0.2) is 0 Å². The highest BCUT2D eigenvalue weighted by molar-refractivity contribution is 4.75. The lowest BCUT2D eigenvalue weighted by molar-refractivity contribution is 0.204. The molecule has 2 rings (SSSR count). The fourth-order valence-electron chi connectivity index (χ4n) is 3.89. The van der Waals surface area contributed by atoms with Gasteiger partial charge in [-0.2, -0.15) is 0 Å². The van der Waals surface area contributed by atoms with Gasteiger partial charge in [0.05, 0.1) is 0 Å². The molecule has 0 saturated heterocycles. The number of rotatable bonds is 3. The van der Waals surface area contributed by atoms with Crippen LogP contribution in [-0.2, 0) is 0 Å². The second-order valence-corrected chi connectivity index (χ2v) is 6.73. The van der Waals surface area contributed by atoms with E-state index in [-0.39, 0.29) is 0 Å². The van der Waals surface area contributed by atoms with Gasteiger partial charge in [-0.1, -0.05) is 71.6 Å². The van der Waals surface area contributed by atoms with Crippen molar-refractivity contribution in [1.82, 2.24) is 0 Å². The van der Waals surface area contributed by atoms with E-state index in [1.165, 1.54) is 51.4 Å². The van der Waals surface area contributed by atoms with E-state index < -0.39 is 0 Å². The molecule has 0 amide bonds. The summed E-state index contributed by atoms with van der Waals surface area (Å²) in [6, 6.07) is 0. The molecule has 2 saturated carbocycles. The molecule has 0 spiro atoms. The van der Waals surface area contributed by atoms with E-state index in [2.05, 4.69) is 13.8 Å². The molecule has 94 valence electrons. The van der Waals surface area contributed by atoms with Crippen molar-refractivity contribution >= 4 is 0 Å². The molecular weight excluding hydrogens is 192 g/mol. The molecular formula is C16H30. The second-order valence-electron chi connectivity index (χ2n) is 6.73. The standard InChI is InChI=1S/C16H30/c1-13-7-9-15(10-8-13)11-12-16-6-4-3-5-14(16)2/h13-16H,3-12H2,1-2H3. The maximum Gasteiger partial charge on any atom is -0.0388 e. The zero-order valence-electron chi connectivity index (χ0n) is 11.4. The Hall–Kier alpha value is 0. The van der Waals surface area contributed by atoms with Crippen molar-refractivity contribution in [3.05, 3.63) is 0 Å². The zero-order chi connectivity index (χ0) is 11.4. The maximum absolute atomic E-state index is 2.49. The molecule has 0 heteroatoms. The first-order chi connectivity index (χ1) is 7.75. The molecule has 0 aromatic carbocycles. The number of hydrogen-bond acceptors (Lipinski definition) is 0. The van der Waals surface area contributed by atoms with Crippen LogP contribution in [0.5, 0.6) is 0 Å². The van der Waals surface area contributed by atoms with E-state index in [9.17, 15) is 0 Å². The first kappa shape index (κ1) is 12.5. The highest BCUT2D eigenvalue weighted by atomic mass is 14.3. The topological polar surface area (TPSA) is 0 Å². The molecule has 2 atom stereocenters. The third-order valence-electron chi connectivity index (χ3n) is 5.37. The molecule has 2 unspecified atom stereocenters. The summed E-state index contributed by atoms with van der Waals surface area (Å²) < 4.78 is 0. The summed E-state index contributed by atoms with van der Waals surface area (Å²) in [5, 5.41) is 0. The van der Waals surface area contributed by atoms with Crippen molar-refractivity contribution in [3.63, 3.8) is 0 Å². The van der Waals surface area contributed by atoms with Crippen molar-refractivity contribution in [2.24, 2.45) is 23.7 Å². The molecule has 0 N–H and O–H groups in total. The van der Waals surface area contributed by atoms with Crippen molar-refractivity contribution < 1.29 is 0 Å². The van der Waals surface area contributed by atoms with Crippen molar-refractivity contribution in [2.75, 3.05) is 0 Å². The molecule has 0 nitrogen and oxygen atoms in total. The molecule has 0 aromatic heterocycles. The third kappa shape index (κ3) is 3.50. The minimum Gasteiger partial charge on any atom is -0.0625 e. The van der Waals surface area contributed by atoms with E-state index in [4.69, 9.17) is 0 Å². The van der Waals surface area contributed by atoms with Crippen LogP contribution in [0.3, 0.4) is 0 Å². The van der Waals surface area contributed by atoms with E-state index in [1.54, 1.807) is 12.8 Å². The lowest BCUT2D eigenvalue weighted by Crippen LogP contribution is -2.19. The summed E-state index contributed by atoms with van der Waals surface area (Å²) in [6.45, 7) is 4.92. The summed E-state index contributed by atoms with van der Waals surface area (Å²) in [5.74, 6) is 4.21. The Bertz CT molecular complexity index is 188. The lowest BCUT2D eigenvalue weighted by Gasteiger charge is -2.32. The summed E-state index contributed by atoms with van der Waals surface area (Å²) >= 11 is 0. The zero-order valence-corrected chi connectivity index (χ0v) is 11.4. The Kier molecular flexibility index (Phi) is 4.73. The van der Waals surface area contributed by atoms with E-state index in [0.717, 1.165) is 23.7 Å². The molecule has 16 heavy (non-hydrogen) atoms. The molecule has 0 aromatic rings. The lowest BCUT2D eigenvalue weighted by atomic mass is 9.74. The van der Waals surface area contributed by atoms with Gasteiger partial charge in [-0.3, -0.25) is 0 Å². The smallest absolute Gasteiger partial charge is 0.0388 e. The Morgan fingerprint density at radius 1 is 0.750 bits per heavy atom. The largest absolute Gasteiger partial charge is 0.0625 e. The van der Waals surface area contributed by atoms with Gasteiger partial charge in [0.15, 0.2) is 0 Å². The predicted octanol–water partition coefficient (Wildman–Crippen LogP) is 5.42. The Morgan fingerprint density at radius 3 is 2.12 bits per heavy atom. The van der Waals surface area contributed by atoms with Gasteiger partial charge in [0.1, 0.15) is 0 Å². The van der Waals surface area contributed by atoms with Crippen LogP contribution in [0.4, 0.5) is 0 Å². The summed E-state index contributed by atoms with van der Waals surface area (Å²) in [6.07, 6.45) is 15.2. The summed E-state index contributed by atoms with van der Waals surface area (Å²) in [4.78, 5) is 0. The molecule has 0 radical (unpaired) electrons. The normalized spacial score (nSPS) is 40.9. The van der Waals surface area contributed by atoms with Crippen LogP contribution in [-0.4, -0.2) is 0 Å². The maximum atomic E-state index is 2.49. The minimum absolute atomic E-state index is 1.02. The van der Waals surface area contributed by atoms with Crippen LogP contribution in [0.25, 0.3) is 0 Å². The van der Waals surface area contributed by atoms with Gasteiger partial charge in [0.2, 0.25) is 0 Å². The van der Waals surface area contributed by atoms with Crippen LogP contribution >= 0.6 is 0 Å². The van der Waals surface area contributed by atoms with Crippen molar-refractivity contribution in [1.29, 1.82) is 0 Å². The first-order valence-electron chi connectivity index (χ1n) is 7.75. The first-order valence-corrected chi connectivity index (χ1v) is 7.75. The van der Waals surface area contributed by atoms with Gasteiger partial charge < -0.3 is 0 Å². The predicted molar refractivity (Wildman–Crippen MR) is 71.5 cm³/mol. The van der Waals surface area contributed by atoms with Gasteiger partial charge in [0.25, 0.3) is 0 Å². The Morgan fingerprint density at radius 2 is 1.44 bits per heavy atom. The van der Waals surface area contributed by atoms with Gasteiger partial charge in [-0.05, 0) is 30.1 Å². The fourth-order valence-corrected chi connectivity index (χ4v) is 3.89. The molecule has 2 fully saturated rings. The fraction of sp³-hybridized carbons (Fsp3) is 1.00. The molecule has 0 aliphatic heterocycles. The van der Waals surface area contributed by atoms with Gasteiger partial charge in [-0.25, -0.2) is 0 Å². The van der Waals surface area contributed by atoms with Crippen LogP contribution in [0.1, 0.15) is 78.1 Å². The minimum atomic E-state index is 1.02. The van der Waals surface area contributed by atoms with Gasteiger partial charge in [-0.15, -0.1) is 0 Å². The monoisotopic (exact) mass is 222 g/mol. The SMILES string of the molecule is CC1CCC(CCC2CCCCC2C)CC1. The van der Waals surface area contributed by atoms with Crippen LogP contribution < -0.4 is 0 Å². The van der Waals surface area contributed by atoms with Gasteiger partial charge >= 0.3 is 0 Å². The molecule has 0 heterocycles. The van der Waals surface area contributed by atoms with E-state index in [0.29, 0.717) is 0 Å². The summed E-state index contributed by atoms with van der Waals surface area (Å²) in [7, 11) is 0. The van der Waals surface area contributed by atoms with E-state index in [1.807, 2.05) is 0 Å². The van der Waals surface area contributed by atoms with Crippen LogP contribution in [0.2, 0.25) is 0 Å². The number of hydrogen-bond donors (Lipinski definition) is 0. The highest BCUT2D eigenvalue weighted by Gasteiger charge is 2.23. The van der Waals surface area contributed by atoms with Crippen molar-refractivity contribution in [3.8, 4) is 0 Å². The molecule has 0 bridgehead atoms. The molecule has 2 aliphatic rings. The third-order valence-corrected chi connectivity index (χ3v) is 5.37. The highest BCUT2D eigenvalue weighted by Crippen LogP contribution is 2.37. The summed E-state index contributed by atoms with van der Waals surface area (Å²) in [5.41, 5.74) is 0. The average molecular weight is 222 g/mol. The van der Waals surface area contributed by atoms with Gasteiger partial charge in [0, 0.05) is 0 Å². The van der Waals surface area contributed by atoms with Crippen molar-refractivity contribution in [2.45, 2.75) is 78.1 Å². The van der Waals surface area contributed by atoms with Crippen LogP contribution in [0, 0.1) is 23.7 Å². The van der Waals surface area contributed by atoms with E-state index >= 15 is 0 Å². The molecule has 2 aliphatic carbocycles. The Labute approximate surface area is 102 Å². The second kappa shape index (κ2) is 6.07.